The number of carbonyl (C=O) groups excluding carboxylic acids is 2. The number of hydrogen-bond donors (Lipinski definition) is 3. The van der Waals surface area contributed by atoms with Crippen molar-refractivity contribution in [1.29, 1.82) is 0 Å². The summed E-state index contributed by atoms with van der Waals surface area (Å²) in [4.78, 5) is 35.4. The molecule has 0 radical (unpaired) electrons. The lowest BCUT2D eigenvalue weighted by Crippen LogP contribution is -2.46. The second-order valence-electron chi connectivity index (χ2n) is 8.84. The van der Waals surface area contributed by atoms with E-state index < -0.39 is 23.8 Å². The molecule has 0 aliphatic carbocycles. The second kappa shape index (κ2) is 9.63. The first-order valence-electron chi connectivity index (χ1n) is 11.5. The Morgan fingerprint density at radius 2 is 1.97 bits per heavy atom. The Kier molecular flexibility index (Phi) is 6.50. The molecule has 2 amide bonds. The molecule has 1 aliphatic rings. The molecule has 3 heterocycles. The van der Waals surface area contributed by atoms with Crippen LogP contribution in [0.2, 0.25) is 0 Å². The average Bonchev–Trinajstić information content (AvgIpc) is 3.41. The van der Waals surface area contributed by atoms with Gasteiger partial charge in [-0.05, 0) is 49.2 Å². The number of nitrogens with one attached hydrogen (secondary N) is 2. The second-order valence-corrected chi connectivity index (χ2v) is 9.87. The zero-order valence-corrected chi connectivity index (χ0v) is 20.5. The molecule has 1 fully saturated rings. The molecule has 5 rings (SSSR count). The number of imidazole rings is 1. The normalized spacial score (nSPS) is 16.4. The minimum atomic E-state index is -4.43. The molecule has 2 aromatic carbocycles. The van der Waals surface area contributed by atoms with E-state index in [0.29, 0.717) is 45.3 Å². The number of fused-ring (bicyclic) bond motifs is 2. The average molecular weight is 533 g/mol. The topological polar surface area (TPSA) is 112 Å². The van der Waals surface area contributed by atoms with Crippen molar-refractivity contribution in [2.24, 2.45) is 7.05 Å². The van der Waals surface area contributed by atoms with Crippen LogP contribution >= 0.6 is 11.3 Å². The van der Waals surface area contributed by atoms with Crippen molar-refractivity contribution in [2.75, 3.05) is 25.0 Å². The molecule has 0 saturated carbocycles. The lowest BCUT2D eigenvalue weighted by atomic mass is 10.1. The molecule has 1 atom stereocenters. The van der Waals surface area contributed by atoms with E-state index in [-0.39, 0.29) is 19.0 Å². The highest BCUT2D eigenvalue weighted by Gasteiger charge is 2.31. The number of thiazole rings is 1. The number of aromatic nitrogens is 3. The third-order valence-corrected chi connectivity index (χ3v) is 7.16. The van der Waals surface area contributed by atoms with Crippen molar-refractivity contribution in [3.05, 3.63) is 47.5 Å². The summed E-state index contributed by atoms with van der Waals surface area (Å²) in [6.07, 6.45) is -3.59. The fraction of sp³-hybridized carbons (Fsp3) is 0.333. The Balaban J connectivity index is 1.29. The van der Waals surface area contributed by atoms with E-state index in [0.717, 1.165) is 35.4 Å². The Labute approximate surface area is 212 Å². The maximum atomic E-state index is 13.0. The van der Waals surface area contributed by atoms with E-state index in [2.05, 4.69) is 20.6 Å². The van der Waals surface area contributed by atoms with Crippen LogP contribution in [-0.4, -0.2) is 62.1 Å². The number of aryl methyl sites for hydroxylation is 1. The standard InChI is InChI=1S/C24H23F3N6O3S/c1-32-18-7-4-13(21(36)28-11-20(35)33-8-2-3-15(34)12-33)9-17(18)29-22(32)31-23-30-16-6-5-14(24(25,26)27)10-19(16)37-23/h4-7,9-10,15,34H,2-3,8,11-12H2,1H3,(H,28,36)(H,29,30,31)/t15-/m0/s1. The number of aliphatic hydroxyl groups excluding tert-OH is 1. The van der Waals surface area contributed by atoms with Gasteiger partial charge in [0.1, 0.15) is 0 Å². The fourth-order valence-electron chi connectivity index (χ4n) is 4.25. The van der Waals surface area contributed by atoms with Crippen LogP contribution in [0.3, 0.4) is 0 Å². The van der Waals surface area contributed by atoms with Gasteiger partial charge < -0.3 is 25.2 Å². The van der Waals surface area contributed by atoms with Crippen LogP contribution in [0.15, 0.2) is 36.4 Å². The lowest BCUT2D eigenvalue weighted by Gasteiger charge is -2.30. The smallest absolute Gasteiger partial charge is 0.391 e. The summed E-state index contributed by atoms with van der Waals surface area (Å²) in [6, 6.07) is 8.33. The molecule has 0 unspecified atom stereocenters. The third-order valence-electron chi connectivity index (χ3n) is 6.23. The van der Waals surface area contributed by atoms with E-state index in [1.54, 1.807) is 34.7 Å². The highest BCUT2D eigenvalue weighted by molar-refractivity contribution is 7.22. The van der Waals surface area contributed by atoms with Gasteiger partial charge >= 0.3 is 6.18 Å². The molecular weight excluding hydrogens is 509 g/mol. The minimum absolute atomic E-state index is 0.174. The van der Waals surface area contributed by atoms with Gasteiger partial charge in [-0.2, -0.15) is 13.2 Å². The number of halogens is 3. The Bertz CT molecular complexity index is 1500. The van der Waals surface area contributed by atoms with Crippen LogP contribution in [0.4, 0.5) is 24.3 Å². The zero-order valence-electron chi connectivity index (χ0n) is 19.7. The molecule has 0 spiro atoms. The van der Waals surface area contributed by atoms with E-state index in [1.165, 1.54) is 6.07 Å². The SMILES string of the molecule is Cn1c(Nc2nc3ccc(C(F)(F)F)cc3s2)nc2cc(C(=O)NCC(=O)N3CCC[C@H](O)C3)ccc21. The Hall–Kier alpha value is -3.71. The van der Waals surface area contributed by atoms with Crippen LogP contribution in [0, 0.1) is 0 Å². The van der Waals surface area contributed by atoms with Crippen molar-refractivity contribution < 1.29 is 27.9 Å². The van der Waals surface area contributed by atoms with Crippen molar-refractivity contribution >= 4 is 55.5 Å². The monoisotopic (exact) mass is 532 g/mol. The van der Waals surface area contributed by atoms with Crippen LogP contribution in [0.25, 0.3) is 21.3 Å². The van der Waals surface area contributed by atoms with Crippen molar-refractivity contribution in [1.82, 2.24) is 24.8 Å². The quantitative estimate of drug-likeness (QED) is 0.362. The first-order chi connectivity index (χ1) is 17.6. The van der Waals surface area contributed by atoms with Crippen molar-refractivity contribution in [2.45, 2.75) is 25.1 Å². The largest absolute Gasteiger partial charge is 0.416 e. The predicted octanol–water partition coefficient (Wildman–Crippen LogP) is 3.66. The van der Waals surface area contributed by atoms with E-state index in [9.17, 15) is 27.9 Å². The first-order valence-corrected chi connectivity index (χ1v) is 12.4. The molecule has 4 aromatic rings. The zero-order chi connectivity index (χ0) is 26.3. The number of likely N-dealkylation sites (tertiary alicyclic amines) is 1. The molecule has 3 N–H and O–H groups in total. The number of alkyl halides is 3. The Morgan fingerprint density at radius 3 is 2.73 bits per heavy atom. The number of benzene rings is 2. The summed E-state index contributed by atoms with van der Waals surface area (Å²) in [7, 11) is 1.76. The summed E-state index contributed by atoms with van der Waals surface area (Å²) in [5.74, 6) is -0.281. The molecule has 1 aliphatic heterocycles. The number of anilines is 2. The number of amides is 2. The van der Waals surface area contributed by atoms with Gasteiger partial charge in [0.2, 0.25) is 11.9 Å². The van der Waals surface area contributed by atoms with Gasteiger partial charge in [-0.3, -0.25) is 9.59 Å². The summed E-state index contributed by atoms with van der Waals surface area (Å²) >= 11 is 1.08. The van der Waals surface area contributed by atoms with Crippen LogP contribution in [-0.2, 0) is 18.0 Å². The van der Waals surface area contributed by atoms with Crippen LogP contribution in [0.1, 0.15) is 28.8 Å². The minimum Gasteiger partial charge on any atom is -0.391 e. The molecule has 37 heavy (non-hydrogen) atoms. The highest BCUT2D eigenvalue weighted by atomic mass is 32.1. The predicted molar refractivity (Wildman–Crippen MR) is 133 cm³/mol. The fourth-order valence-corrected chi connectivity index (χ4v) is 5.15. The van der Waals surface area contributed by atoms with Crippen molar-refractivity contribution in [3.63, 3.8) is 0 Å². The number of β-amino-alcohol motifs (C(OH)–C–C–N with tert-alkyl or cyclic N) is 1. The molecular formula is C24H23F3N6O3S. The molecule has 13 heteroatoms. The number of rotatable bonds is 5. The van der Waals surface area contributed by atoms with Gasteiger partial charge in [0, 0.05) is 25.7 Å². The summed E-state index contributed by atoms with van der Waals surface area (Å²) in [5.41, 5.74) is 1.26. The van der Waals surface area contributed by atoms with Gasteiger partial charge in [0.05, 0.1) is 39.5 Å². The molecule has 1 saturated heterocycles. The van der Waals surface area contributed by atoms with Gasteiger partial charge in [0.25, 0.3) is 5.91 Å². The number of carbonyl (C=O) groups is 2. The first kappa shape index (κ1) is 25.0. The molecule has 9 nitrogen and oxygen atoms in total. The van der Waals surface area contributed by atoms with E-state index in [1.807, 2.05) is 0 Å². The van der Waals surface area contributed by atoms with Gasteiger partial charge in [0.15, 0.2) is 5.13 Å². The molecule has 194 valence electrons. The van der Waals surface area contributed by atoms with Gasteiger partial charge in [-0.15, -0.1) is 0 Å². The summed E-state index contributed by atoms with van der Waals surface area (Å²) in [5, 5.41) is 15.8. The summed E-state index contributed by atoms with van der Waals surface area (Å²) in [6.45, 7) is 0.647. The maximum Gasteiger partial charge on any atom is 0.416 e. The third kappa shape index (κ3) is 5.23. The van der Waals surface area contributed by atoms with E-state index >= 15 is 0 Å². The molecule has 2 aromatic heterocycles. The van der Waals surface area contributed by atoms with Crippen LogP contribution in [0.5, 0.6) is 0 Å². The van der Waals surface area contributed by atoms with Gasteiger partial charge in [-0.1, -0.05) is 11.3 Å². The highest BCUT2D eigenvalue weighted by Crippen LogP contribution is 2.35. The number of hydrogen-bond acceptors (Lipinski definition) is 7. The van der Waals surface area contributed by atoms with Crippen LogP contribution < -0.4 is 10.6 Å². The molecule has 0 bridgehead atoms. The lowest BCUT2D eigenvalue weighted by molar-refractivity contribution is -0.137. The number of nitrogens with zero attached hydrogens (tertiary/aromatic N) is 4. The number of piperidine rings is 1. The Morgan fingerprint density at radius 1 is 1.16 bits per heavy atom. The van der Waals surface area contributed by atoms with E-state index in [4.69, 9.17) is 0 Å². The van der Waals surface area contributed by atoms with Gasteiger partial charge in [-0.25, -0.2) is 9.97 Å². The number of aliphatic hydroxyl groups is 1. The summed E-state index contributed by atoms with van der Waals surface area (Å²) < 4.78 is 41.2. The van der Waals surface area contributed by atoms with Crippen molar-refractivity contribution in [3.8, 4) is 0 Å². The maximum absolute atomic E-state index is 13.0.